The van der Waals surface area contributed by atoms with Gasteiger partial charge in [-0.15, -0.1) is 12.6 Å². The summed E-state index contributed by atoms with van der Waals surface area (Å²) in [7, 11) is 6.51. The van der Waals surface area contributed by atoms with Crippen molar-refractivity contribution in [2.24, 2.45) is 0 Å². The molecule has 3 heterocycles. The van der Waals surface area contributed by atoms with Gasteiger partial charge >= 0.3 is 0 Å². The Morgan fingerprint density at radius 2 is 1.77 bits per heavy atom. The number of fused-ring (bicyclic) bond motifs is 4. The zero-order valence-electron chi connectivity index (χ0n) is 24.1. The van der Waals surface area contributed by atoms with Crippen LogP contribution in [0.4, 0.5) is 5.69 Å². The lowest BCUT2D eigenvalue weighted by Crippen LogP contribution is -2.61. The Hall–Kier alpha value is -2.48. The molecule has 1 aromatic heterocycles. The fourth-order valence-corrected chi connectivity index (χ4v) is 7.53. The van der Waals surface area contributed by atoms with Gasteiger partial charge in [0, 0.05) is 47.9 Å². The lowest BCUT2D eigenvalue weighted by Gasteiger charge is -2.45. The number of nitrogens with zero attached hydrogens (tertiary/aromatic N) is 4. The summed E-state index contributed by atoms with van der Waals surface area (Å²) >= 11 is 5.04. The molecule has 1 aliphatic carbocycles. The molecule has 0 spiro atoms. The van der Waals surface area contributed by atoms with Crippen LogP contribution in [0.1, 0.15) is 74.2 Å². The molecule has 2 aromatic carbocycles. The number of nitrogens with one attached hydrogen (secondary N) is 1. The standard InChI is InChI=1S/C32H43N5OS/c1-6-32(39)33-31(38)23-16-17-25-28(18-23)37-20-24(19-34(3)21(2)36(32)5)35(4)27-15-11-10-14-26(27)30(37)29(25)22-12-8-7-9-13-22/h10-11,14-18,21-22,24,39H,6-9,12-13,19-20H2,1-5H3,(H,33,38). The molecule has 39 heavy (non-hydrogen) atoms. The normalized spacial score (nSPS) is 27.1. The summed E-state index contributed by atoms with van der Waals surface area (Å²) in [5.74, 6) is 0.472. The monoisotopic (exact) mass is 545 g/mol. The molecule has 1 saturated carbocycles. The summed E-state index contributed by atoms with van der Waals surface area (Å²) < 4.78 is 2.55. The summed E-state index contributed by atoms with van der Waals surface area (Å²) in [5.41, 5.74) is 7.32. The van der Waals surface area contributed by atoms with Crippen LogP contribution in [0.25, 0.3) is 22.2 Å². The first-order chi connectivity index (χ1) is 18.7. The maximum Gasteiger partial charge on any atom is 0.253 e. The molecule has 1 fully saturated rings. The van der Waals surface area contributed by atoms with E-state index in [9.17, 15) is 4.79 Å². The van der Waals surface area contributed by atoms with Crippen LogP contribution in [-0.4, -0.2) is 65.2 Å². The number of carbonyl (C=O) groups excluding carboxylic acids is 1. The van der Waals surface area contributed by atoms with E-state index in [1.807, 2.05) is 6.07 Å². The summed E-state index contributed by atoms with van der Waals surface area (Å²) in [4.78, 5) is 20.1. The molecule has 6 nitrogen and oxygen atoms in total. The number of amides is 1. The van der Waals surface area contributed by atoms with Gasteiger partial charge < -0.3 is 14.8 Å². The molecule has 4 bridgehead atoms. The van der Waals surface area contributed by atoms with Crippen molar-refractivity contribution in [2.45, 2.75) is 82.0 Å². The predicted molar refractivity (Wildman–Crippen MR) is 165 cm³/mol. The van der Waals surface area contributed by atoms with Crippen molar-refractivity contribution in [3.8, 4) is 11.3 Å². The topological polar surface area (TPSA) is 43.8 Å². The molecule has 208 valence electrons. The number of rotatable bonds is 2. The van der Waals surface area contributed by atoms with E-state index in [0.717, 1.165) is 13.1 Å². The number of carbonyl (C=O) groups is 1. The summed E-state index contributed by atoms with van der Waals surface area (Å²) in [6.45, 7) is 6.04. The number of aromatic nitrogens is 1. The minimum Gasteiger partial charge on any atom is -0.368 e. The first-order valence-electron chi connectivity index (χ1n) is 14.7. The van der Waals surface area contributed by atoms with Crippen LogP contribution in [0.3, 0.4) is 0 Å². The van der Waals surface area contributed by atoms with E-state index in [0.29, 0.717) is 17.9 Å². The van der Waals surface area contributed by atoms with Gasteiger partial charge in [0.25, 0.3) is 5.91 Å². The van der Waals surface area contributed by atoms with Crippen LogP contribution in [0, 0.1) is 0 Å². The van der Waals surface area contributed by atoms with Gasteiger partial charge in [-0.2, -0.15) is 0 Å². The Bertz CT molecular complexity index is 1390. The third-order valence-corrected chi connectivity index (χ3v) is 10.7. The third kappa shape index (κ3) is 4.37. The number of thiol groups is 1. The highest BCUT2D eigenvalue weighted by molar-refractivity contribution is 7.81. The van der Waals surface area contributed by atoms with E-state index in [-0.39, 0.29) is 18.1 Å². The largest absolute Gasteiger partial charge is 0.368 e. The molecule has 7 heteroatoms. The minimum absolute atomic E-state index is 0.0699. The van der Waals surface area contributed by atoms with Crippen molar-refractivity contribution in [2.75, 3.05) is 32.6 Å². The van der Waals surface area contributed by atoms with Gasteiger partial charge in [0.2, 0.25) is 0 Å². The van der Waals surface area contributed by atoms with Crippen molar-refractivity contribution in [1.82, 2.24) is 19.7 Å². The van der Waals surface area contributed by atoms with Crippen molar-refractivity contribution in [1.29, 1.82) is 0 Å². The van der Waals surface area contributed by atoms with Gasteiger partial charge in [0.1, 0.15) is 4.99 Å². The van der Waals surface area contributed by atoms with Gasteiger partial charge in [0.15, 0.2) is 0 Å². The highest BCUT2D eigenvalue weighted by Crippen LogP contribution is 2.48. The van der Waals surface area contributed by atoms with Gasteiger partial charge in [-0.25, -0.2) is 0 Å². The maximum atomic E-state index is 13.7. The van der Waals surface area contributed by atoms with Crippen molar-refractivity contribution < 1.29 is 4.79 Å². The van der Waals surface area contributed by atoms with Gasteiger partial charge in [-0.05, 0) is 70.0 Å². The molecule has 3 aliphatic rings. The highest BCUT2D eigenvalue weighted by Gasteiger charge is 2.38. The Kier molecular flexibility index (Phi) is 6.97. The Morgan fingerprint density at radius 1 is 1.03 bits per heavy atom. The second-order valence-electron chi connectivity index (χ2n) is 12.0. The zero-order chi connectivity index (χ0) is 27.5. The van der Waals surface area contributed by atoms with E-state index in [1.54, 1.807) is 0 Å². The fourth-order valence-electron chi connectivity index (χ4n) is 7.26. The fraction of sp³-hybridized carbons (Fsp3) is 0.531. The molecule has 3 unspecified atom stereocenters. The van der Waals surface area contributed by atoms with Gasteiger partial charge in [-0.3, -0.25) is 14.6 Å². The number of hydrogen-bond donors (Lipinski definition) is 2. The Morgan fingerprint density at radius 3 is 2.51 bits per heavy atom. The number of para-hydroxylation sites is 1. The maximum absolute atomic E-state index is 13.7. The SMILES string of the molecule is CCC1(S)NC(=O)c2ccc3c(C4CCCCC4)c4n(c3c2)CC(CN(C)C(C)N1C)N(C)c1ccccc1-4. The zero-order valence-corrected chi connectivity index (χ0v) is 25.0. The third-order valence-electron chi connectivity index (χ3n) is 9.95. The van der Waals surface area contributed by atoms with Crippen LogP contribution in [0.15, 0.2) is 42.5 Å². The Labute approximate surface area is 238 Å². The van der Waals surface area contributed by atoms with Crippen molar-refractivity contribution in [3.63, 3.8) is 0 Å². The second-order valence-corrected chi connectivity index (χ2v) is 12.8. The molecule has 1 amide bonds. The number of benzene rings is 2. The number of anilines is 1. The number of likely N-dealkylation sites (N-methyl/N-ethyl adjacent to an activating group) is 2. The summed E-state index contributed by atoms with van der Waals surface area (Å²) in [6, 6.07) is 15.6. The molecule has 3 atom stereocenters. The summed E-state index contributed by atoms with van der Waals surface area (Å²) in [5, 5.41) is 4.59. The predicted octanol–water partition coefficient (Wildman–Crippen LogP) is 6.12. The minimum atomic E-state index is -0.765. The summed E-state index contributed by atoms with van der Waals surface area (Å²) in [6.07, 6.45) is 7.14. The number of hydrogen-bond acceptors (Lipinski definition) is 5. The molecular formula is C32H43N5OS. The van der Waals surface area contributed by atoms with E-state index in [1.165, 1.54) is 65.5 Å². The van der Waals surface area contributed by atoms with Crippen LogP contribution < -0.4 is 10.2 Å². The first-order valence-corrected chi connectivity index (χ1v) is 15.1. The van der Waals surface area contributed by atoms with E-state index in [4.69, 9.17) is 12.6 Å². The van der Waals surface area contributed by atoms with Crippen LogP contribution in [-0.2, 0) is 6.54 Å². The van der Waals surface area contributed by atoms with Crippen LogP contribution in [0.5, 0.6) is 0 Å². The second kappa shape index (κ2) is 10.2. The lowest BCUT2D eigenvalue weighted by molar-refractivity contribution is 0.0262. The van der Waals surface area contributed by atoms with Gasteiger partial charge in [-0.1, -0.05) is 50.5 Å². The molecular weight excluding hydrogens is 502 g/mol. The lowest BCUT2D eigenvalue weighted by atomic mass is 9.81. The highest BCUT2D eigenvalue weighted by atomic mass is 32.1. The smallest absolute Gasteiger partial charge is 0.253 e. The van der Waals surface area contributed by atoms with Crippen molar-refractivity contribution >= 4 is 35.1 Å². The van der Waals surface area contributed by atoms with E-state index >= 15 is 0 Å². The van der Waals surface area contributed by atoms with Crippen LogP contribution >= 0.6 is 12.6 Å². The first kappa shape index (κ1) is 26.7. The molecule has 3 aromatic rings. The molecule has 2 aliphatic heterocycles. The average Bonchev–Trinajstić information content (AvgIpc) is 3.22. The molecule has 0 radical (unpaired) electrons. The average molecular weight is 546 g/mol. The van der Waals surface area contributed by atoms with E-state index in [2.05, 4.69) is 96.0 Å². The Balaban J connectivity index is 1.63. The molecule has 0 saturated heterocycles. The molecule has 6 rings (SSSR count). The molecule has 1 N–H and O–H groups in total. The van der Waals surface area contributed by atoms with Crippen LogP contribution in [0.2, 0.25) is 0 Å². The van der Waals surface area contributed by atoms with Gasteiger partial charge in [0.05, 0.1) is 17.9 Å². The van der Waals surface area contributed by atoms with E-state index < -0.39 is 4.99 Å². The van der Waals surface area contributed by atoms with Crippen molar-refractivity contribution in [3.05, 3.63) is 53.6 Å². The quantitative estimate of drug-likeness (QED) is 0.381.